The van der Waals surface area contributed by atoms with E-state index in [9.17, 15) is 4.39 Å². The van der Waals surface area contributed by atoms with Crippen molar-refractivity contribution in [3.05, 3.63) is 64.4 Å². The number of rotatable bonds is 7. The van der Waals surface area contributed by atoms with Gasteiger partial charge in [0.1, 0.15) is 11.6 Å². The predicted molar refractivity (Wildman–Crippen MR) is 101 cm³/mol. The summed E-state index contributed by atoms with van der Waals surface area (Å²) in [6.07, 6.45) is 0. The fraction of sp³-hybridized carbons (Fsp3) is 0.400. The molecule has 1 heterocycles. The number of benzene rings is 2. The van der Waals surface area contributed by atoms with Crippen molar-refractivity contribution in [3.8, 4) is 5.75 Å². The Hall–Kier alpha value is -1.66. The van der Waals surface area contributed by atoms with E-state index in [1.165, 1.54) is 11.6 Å². The van der Waals surface area contributed by atoms with Crippen LogP contribution in [0.3, 0.4) is 0 Å². The largest absolute Gasteiger partial charge is 0.497 e. The normalized spacial score (nSPS) is 16.4. The minimum Gasteiger partial charge on any atom is -0.497 e. The summed E-state index contributed by atoms with van der Waals surface area (Å²) in [4.78, 5) is 2.39. The maximum Gasteiger partial charge on any atom is 0.129 e. The summed E-state index contributed by atoms with van der Waals surface area (Å²) >= 11 is 6.12. The van der Waals surface area contributed by atoms with Gasteiger partial charge in [0.25, 0.3) is 0 Å². The van der Waals surface area contributed by atoms with Gasteiger partial charge in [0.2, 0.25) is 0 Å². The second kappa shape index (κ2) is 9.33. The van der Waals surface area contributed by atoms with Crippen LogP contribution in [-0.4, -0.2) is 44.9 Å². The highest BCUT2D eigenvalue weighted by molar-refractivity contribution is 6.31. The molecule has 1 fully saturated rings. The van der Waals surface area contributed by atoms with Crippen LogP contribution < -0.4 is 10.1 Å². The summed E-state index contributed by atoms with van der Waals surface area (Å²) in [5.74, 6) is 0.554. The summed E-state index contributed by atoms with van der Waals surface area (Å²) in [6, 6.07) is 13.0. The van der Waals surface area contributed by atoms with E-state index in [-0.39, 0.29) is 11.9 Å². The number of nitrogens with zero attached hydrogens (tertiary/aromatic N) is 1. The standard InChI is InChI=1S/C20H24ClFN2O2/c1-25-16-7-5-15(6-8-16)20(24-9-11-26-12-10-24)14-23-13-17-18(21)3-2-4-19(17)22/h2-8,20,23H,9-14H2,1H3. The summed E-state index contributed by atoms with van der Waals surface area (Å²) < 4.78 is 24.7. The molecule has 2 aromatic carbocycles. The molecule has 26 heavy (non-hydrogen) atoms. The second-order valence-electron chi connectivity index (χ2n) is 6.27. The Balaban J connectivity index is 1.70. The maximum atomic E-state index is 14.0. The molecule has 6 heteroatoms. The molecule has 0 aromatic heterocycles. The van der Waals surface area contributed by atoms with Crippen molar-refractivity contribution < 1.29 is 13.9 Å². The molecule has 4 nitrogen and oxygen atoms in total. The number of morpholine rings is 1. The van der Waals surface area contributed by atoms with Crippen LogP contribution in [0.15, 0.2) is 42.5 Å². The lowest BCUT2D eigenvalue weighted by atomic mass is 10.0. The third kappa shape index (κ3) is 4.74. The van der Waals surface area contributed by atoms with Gasteiger partial charge in [-0.25, -0.2) is 4.39 Å². The van der Waals surface area contributed by atoms with Crippen molar-refractivity contribution >= 4 is 11.6 Å². The number of hydrogen-bond acceptors (Lipinski definition) is 4. The zero-order valence-corrected chi connectivity index (χ0v) is 15.6. The number of hydrogen-bond donors (Lipinski definition) is 1. The number of halogens is 2. The highest BCUT2D eigenvalue weighted by atomic mass is 35.5. The minimum absolute atomic E-state index is 0.176. The van der Waals surface area contributed by atoms with Gasteiger partial charge in [0, 0.05) is 42.8 Å². The lowest BCUT2D eigenvalue weighted by molar-refractivity contribution is 0.0161. The summed E-state index contributed by atoms with van der Waals surface area (Å²) in [5.41, 5.74) is 1.70. The molecule has 1 unspecified atom stereocenters. The molecule has 3 rings (SSSR count). The molecular formula is C20H24ClFN2O2. The first-order valence-electron chi connectivity index (χ1n) is 8.78. The van der Waals surface area contributed by atoms with Gasteiger partial charge in [-0.1, -0.05) is 29.8 Å². The molecular weight excluding hydrogens is 355 g/mol. The summed E-state index contributed by atoms with van der Waals surface area (Å²) in [7, 11) is 1.66. The van der Waals surface area contributed by atoms with Crippen molar-refractivity contribution in [2.24, 2.45) is 0 Å². The van der Waals surface area contributed by atoms with E-state index in [4.69, 9.17) is 21.1 Å². The van der Waals surface area contributed by atoms with Crippen LogP contribution >= 0.6 is 11.6 Å². The van der Waals surface area contributed by atoms with Crippen LogP contribution in [0, 0.1) is 5.82 Å². The van der Waals surface area contributed by atoms with Gasteiger partial charge >= 0.3 is 0 Å². The van der Waals surface area contributed by atoms with Gasteiger partial charge in [0.15, 0.2) is 0 Å². The molecule has 0 radical (unpaired) electrons. The quantitative estimate of drug-likeness (QED) is 0.797. The first kappa shape index (κ1) is 19.1. The van der Waals surface area contributed by atoms with Crippen molar-refractivity contribution in [1.82, 2.24) is 10.2 Å². The Kier molecular flexibility index (Phi) is 6.86. The summed E-state index contributed by atoms with van der Waals surface area (Å²) in [5, 5.41) is 3.82. The number of methoxy groups -OCH3 is 1. The molecule has 0 saturated carbocycles. The van der Waals surface area contributed by atoms with Gasteiger partial charge < -0.3 is 14.8 Å². The topological polar surface area (TPSA) is 33.7 Å². The average molecular weight is 379 g/mol. The lowest BCUT2D eigenvalue weighted by Gasteiger charge is -2.35. The SMILES string of the molecule is COc1ccc(C(CNCc2c(F)cccc2Cl)N2CCOCC2)cc1. The fourth-order valence-electron chi connectivity index (χ4n) is 3.21. The molecule has 0 aliphatic carbocycles. The minimum atomic E-state index is -0.280. The molecule has 1 N–H and O–H groups in total. The van der Waals surface area contributed by atoms with Gasteiger partial charge in [0.05, 0.1) is 20.3 Å². The van der Waals surface area contributed by atoms with Gasteiger partial charge in [-0.3, -0.25) is 4.90 Å². The first-order valence-corrected chi connectivity index (χ1v) is 9.16. The lowest BCUT2D eigenvalue weighted by Crippen LogP contribution is -2.42. The zero-order chi connectivity index (χ0) is 18.4. The molecule has 140 valence electrons. The van der Waals surface area contributed by atoms with Crippen LogP contribution in [0.25, 0.3) is 0 Å². The Labute approximate surface area is 158 Å². The molecule has 2 aromatic rings. The van der Waals surface area contributed by atoms with Gasteiger partial charge in [-0.2, -0.15) is 0 Å². The van der Waals surface area contributed by atoms with Crippen LogP contribution in [-0.2, 0) is 11.3 Å². The Morgan fingerprint density at radius 2 is 1.92 bits per heavy atom. The zero-order valence-electron chi connectivity index (χ0n) is 14.9. The maximum absolute atomic E-state index is 14.0. The number of nitrogens with one attached hydrogen (secondary N) is 1. The average Bonchev–Trinajstić information content (AvgIpc) is 2.68. The fourth-order valence-corrected chi connectivity index (χ4v) is 3.44. The molecule has 1 saturated heterocycles. The van der Waals surface area contributed by atoms with E-state index in [1.54, 1.807) is 19.2 Å². The van der Waals surface area contributed by atoms with Gasteiger partial charge in [-0.05, 0) is 29.8 Å². The molecule has 1 aliphatic heterocycles. The van der Waals surface area contributed by atoms with Crippen molar-refractivity contribution in [2.45, 2.75) is 12.6 Å². The Morgan fingerprint density at radius 3 is 2.58 bits per heavy atom. The van der Waals surface area contributed by atoms with Crippen LogP contribution in [0.5, 0.6) is 5.75 Å². The highest BCUT2D eigenvalue weighted by Gasteiger charge is 2.22. The van der Waals surface area contributed by atoms with Crippen molar-refractivity contribution in [1.29, 1.82) is 0 Å². The molecule has 1 atom stereocenters. The Bertz CT molecular complexity index is 685. The smallest absolute Gasteiger partial charge is 0.129 e. The van der Waals surface area contributed by atoms with Crippen LogP contribution in [0.4, 0.5) is 4.39 Å². The molecule has 0 bridgehead atoms. The van der Waals surface area contributed by atoms with Crippen LogP contribution in [0.1, 0.15) is 17.2 Å². The third-order valence-electron chi connectivity index (χ3n) is 4.69. The number of ether oxygens (including phenoxy) is 2. The predicted octanol–water partition coefficient (Wildman–Crippen LogP) is 3.65. The van der Waals surface area contributed by atoms with E-state index in [2.05, 4.69) is 22.3 Å². The molecule has 0 spiro atoms. The van der Waals surface area contributed by atoms with Crippen molar-refractivity contribution in [2.75, 3.05) is 40.0 Å². The van der Waals surface area contributed by atoms with E-state index in [0.29, 0.717) is 23.7 Å². The monoisotopic (exact) mass is 378 g/mol. The third-order valence-corrected chi connectivity index (χ3v) is 5.04. The van der Waals surface area contributed by atoms with Crippen molar-refractivity contribution in [3.63, 3.8) is 0 Å². The van der Waals surface area contributed by atoms with Crippen LogP contribution in [0.2, 0.25) is 5.02 Å². The summed E-state index contributed by atoms with van der Waals surface area (Å²) in [6.45, 7) is 4.29. The molecule has 0 amide bonds. The van der Waals surface area contributed by atoms with E-state index < -0.39 is 0 Å². The van der Waals surface area contributed by atoms with E-state index in [1.807, 2.05) is 12.1 Å². The molecule has 1 aliphatic rings. The Morgan fingerprint density at radius 1 is 1.19 bits per heavy atom. The highest BCUT2D eigenvalue weighted by Crippen LogP contribution is 2.24. The van der Waals surface area contributed by atoms with E-state index >= 15 is 0 Å². The van der Waals surface area contributed by atoms with E-state index in [0.717, 1.165) is 32.1 Å². The second-order valence-corrected chi connectivity index (χ2v) is 6.68. The van der Waals surface area contributed by atoms with Gasteiger partial charge in [-0.15, -0.1) is 0 Å². The first-order chi connectivity index (χ1) is 12.7.